The third-order valence-corrected chi connectivity index (χ3v) is 5.64. The number of carbonyl (C=O) groups is 1. The molecule has 1 aromatic heterocycles. The van der Waals surface area contributed by atoms with E-state index in [2.05, 4.69) is 14.1 Å². The van der Waals surface area contributed by atoms with Crippen LogP contribution in [0.2, 0.25) is 0 Å². The summed E-state index contributed by atoms with van der Waals surface area (Å²) in [6, 6.07) is 13.6. The lowest BCUT2D eigenvalue weighted by atomic mass is 10.1. The van der Waals surface area contributed by atoms with E-state index in [1.807, 2.05) is 68.4 Å². The van der Waals surface area contributed by atoms with Gasteiger partial charge < -0.3 is 14.5 Å². The molecule has 1 N–H and O–H groups in total. The number of rotatable bonds is 8. The van der Waals surface area contributed by atoms with Crippen LogP contribution < -0.4 is 19.4 Å². The summed E-state index contributed by atoms with van der Waals surface area (Å²) < 4.78 is 6.62. The maximum atomic E-state index is 13.3. The lowest BCUT2D eigenvalue weighted by Crippen LogP contribution is -3.06. The van der Waals surface area contributed by atoms with Crippen LogP contribution in [0.25, 0.3) is 10.2 Å². The maximum Gasteiger partial charge on any atom is 0.260 e. The van der Waals surface area contributed by atoms with E-state index in [9.17, 15) is 4.79 Å². The first-order chi connectivity index (χ1) is 13.9. The minimum atomic E-state index is -0.0272. The van der Waals surface area contributed by atoms with Gasteiger partial charge in [-0.3, -0.25) is 9.69 Å². The highest BCUT2D eigenvalue weighted by Crippen LogP contribution is 2.32. The van der Waals surface area contributed by atoms with Gasteiger partial charge in [0.25, 0.3) is 5.91 Å². The molecule has 29 heavy (non-hydrogen) atoms. The number of amides is 1. The zero-order chi connectivity index (χ0) is 21.0. The Morgan fingerprint density at radius 3 is 2.48 bits per heavy atom. The fraction of sp³-hybridized carbons (Fsp3) is 0.364. The van der Waals surface area contributed by atoms with Crippen molar-refractivity contribution >= 4 is 38.3 Å². The molecule has 0 aliphatic carbocycles. The van der Waals surface area contributed by atoms with Crippen LogP contribution in [0, 0.1) is 0 Å². The summed E-state index contributed by atoms with van der Waals surface area (Å²) in [6.45, 7) is 4.03. The largest absolute Gasteiger partial charge is 0.494 e. The highest BCUT2D eigenvalue weighted by Gasteiger charge is 2.22. The molecule has 154 valence electrons. The molecule has 0 saturated heterocycles. The van der Waals surface area contributed by atoms with Gasteiger partial charge in [0.15, 0.2) is 5.13 Å². The Morgan fingerprint density at radius 2 is 1.86 bits per heavy atom. The van der Waals surface area contributed by atoms with Crippen LogP contribution in [0.15, 0.2) is 42.5 Å². The van der Waals surface area contributed by atoms with Gasteiger partial charge >= 0.3 is 0 Å². The van der Waals surface area contributed by atoms with Crippen molar-refractivity contribution in [3.63, 3.8) is 0 Å². The number of fused-ring (bicyclic) bond motifs is 1. The monoisotopic (exact) mass is 413 g/mol. The van der Waals surface area contributed by atoms with Crippen molar-refractivity contribution in [1.82, 2.24) is 4.98 Å². The van der Waals surface area contributed by atoms with Crippen molar-refractivity contribution in [1.29, 1.82) is 0 Å². The molecule has 1 heterocycles. The molecular weight excluding hydrogens is 384 g/mol. The first-order valence-corrected chi connectivity index (χ1v) is 10.6. The van der Waals surface area contributed by atoms with Crippen molar-refractivity contribution in [3.8, 4) is 5.75 Å². The number of likely N-dealkylation sites (N-methyl/N-ethyl adjacent to an activating group) is 1. The lowest BCUT2D eigenvalue weighted by molar-refractivity contribution is -0.856. The summed E-state index contributed by atoms with van der Waals surface area (Å²) in [5, 5.41) is 0.719. The summed E-state index contributed by atoms with van der Waals surface area (Å²) in [4.78, 5) is 23.2. The topological polar surface area (TPSA) is 50.1 Å². The molecule has 2 aromatic carbocycles. The van der Waals surface area contributed by atoms with Crippen LogP contribution in [0.5, 0.6) is 5.75 Å². The normalized spacial score (nSPS) is 11.1. The Morgan fingerprint density at radius 1 is 1.14 bits per heavy atom. The van der Waals surface area contributed by atoms with Gasteiger partial charge in [0.05, 0.1) is 44.0 Å². The van der Waals surface area contributed by atoms with Gasteiger partial charge in [-0.25, -0.2) is 4.98 Å². The predicted octanol–water partition coefficient (Wildman–Crippen LogP) is 2.55. The van der Waals surface area contributed by atoms with E-state index in [4.69, 9.17) is 9.72 Å². The minimum Gasteiger partial charge on any atom is -0.494 e. The van der Waals surface area contributed by atoms with Gasteiger partial charge in [0.2, 0.25) is 0 Å². The lowest BCUT2D eigenvalue weighted by Gasteiger charge is -2.21. The molecule has 3 aromatic rings. The Labute approximate surface area is 176 Å². The predicted molar refractivity (Wildman–Crippen MR) is 121 cm³/mol. The molecule has 0 fully saturated rings. The average Bonchev–Trinajstić information content (AvgIpc) is 3.11. The Kier molecular flexibility index (Phi) is 6.71. The third kappa shape index (κ3) is 5.05. The van der Waals surface area contributed by atoms with E-state index in [0.29, 0.717) is 18.7 Å². The molecule has 0 saturated carbocycles. The second-order valence-corrected chi connectivity index (χ2v) is 8.42. The van der Waals surface area contributed by atoms with Crippen molar-refractivity contribution in [2.75, 3.05) is 57.7 Å². The van der Waals surface area contributed by atoms with E-state index in [0.717, 1.165) is 33.3 Å². The summed E-state index contributed by atoms with van der Waals surface area (Å²) in [5.74, 6) is 0.797. The van der Waals surface area contributed by atoms with Crippen LogP contribution in [-0.4, -0.2) is 58.8 Å². The van der Waals surface area contributed by atoms with Gasteiger partial charge in [0.1, 0.15) is 5.75 Å². The SMILES string of the molecule is CCOc1ccc2nc(N(CC[NH+](C)C)C(=O)c3ccc(N(C)C)cc3)sc2c1. The van der Waals surface area contributed by atoms with Gasteiger partial charge in [-0.1, -0.05) is 11.3 Å². The number of anilines is 2. The van der Waals surface area contributed by atoms with E-state index >= 15 is 0 Å². The van der Waals surface area contributed by atoms with E-state index < -0.39 is 0 Å². The molecule has 7 heteroatoms. The molecule has 0 aliphatic rings. The Balaban J connectivity index is 1.93. The molecule has 0 aliphatic heterocycles. The quantitative estimate of drug-likeness (QED) is 0.617. The standard InChI is InChI=1S/C22H28N4O2S/c1-6-28-18-11-12-19-20(15-18)29-22(23-19)26(14-13-24(2)3)21(27)16-7-9-17(10-8-16)25(4)5/h7-12,15H,6,13-14H2,1-5H3/p+1. The van der Waals surface area contributed by atoms with Crippen LogP contribution in [-0.2, 0) is 0 Å². The van der Waals surface area contributed by atoms with Gasteiger partial charge in [-0.2, -0.15) is 0 Å². The highest BCUT2D eigenvalue weighted by atomic mass is 32.1. The second-order valence-electron chi connectivity index (χ2n) is 7.41. The van der Waals surface area contributed by atoms with Gasteiger partial charge in [-0.15, -0.1) is 0 Å². The van der Waals surface area contributed by atoms with Crippen LogP contribution >= 0.6 is 11.3 Å². The Hall–Kier alpha value is -2.64. The fourth-order valence-electron chi connectivity index (χ4n) is 2.94. The smallest absolute Gasteiger partial charge is 0.260 e. The maximum absolute atomic E-state index is 13.3. The molecule has 3 rings (SSSR count). The molecular formula is C22H29N4O2S+. The second kappa shape index (κ2) is 9.24. The van der Waals surface area contributed by atoms with E-state index in [1.165, 1.54) is 16.2 Å². The number of hydrogen-bond acceptors (Lipinski definition) is 5. The minimum absolute atomic E-state index is 0.0272. The van der Waals surface area contributed by atoms with Crippen molar-refractivity contribution in [3.05, 3.63) is 48.0 Å². The molecule has 1 amide bonds. The fourth-order valence-corrected chi connectivity index (χ4v) is 3.96. The zero-order valence-corrected chi connectivity index (χ0v) is 18.5. The first-order valence-electron chi connectivity index (χ1n) is 9.80. The number of quaternary nitrogens is 1. The number of benzene rings is 2. The highest BCUT2D eigenvalue weighted by molar-refractivity contribution is 7.22. The molecule has 0 bridgehead atoms. The van der Waals surface area contributed by atoms with E-state index in [1.54, 1.807) is 4.90 Å². The Bertz CT molecular complexity index is 967. The number of hydrogen-bond donors (Lipinski definition) is 1. The first kappa shape index (κ1) is 21.1. The van der Waals surface area contributed by atoms with Crippen LogP contribution in [0.3, 0.4) is 0 Å². The van der Waals surface area contributed by atoms with E-state index in [-0.39, 0.29) is 5.91 Å². The number of nitrogens with zero attached hydrogens (tertiary/aromatic N) is 3. The molecule has 0 unspecified atom stereocenters. The van der Waals surface area contributed by atoms with Gasteiger partial charge in [0, 0.05) is 25.3 Å². The summed E-state index contributed by atoms with van der Waals surface area (Å²) in [6.07, 6.45) is 0. The van der Waals surface area contributed by atoms with Crippen LogP contribution in [0.1, 0.15) is 17.3 Å². The number of carbonyl (C=O) groups excluding carboxylic acids is 1. The third-order valence-electron chi connectivity index (χ3n) is 4.60. The number of aromatic nitrogens is 1. The molecule has 6 nitrogen and oxygen atoms in total. The zero-order valence-electron chi connectivity index (χ0n) is 17.7. The summed E-state index contributed by atoms with van der Waals surface area (Å²) in [5.41, 5.74) is 2.61. The molecule has 0 radical (unpaired) electrons. The average molecular weight is 414 g/mol. The summed E-state index contributed by atoms with van der Waals surface area (Å²) >= 11 is 1.52. The number of thiazole rings is 1. The van der Waals surface area contributed by atoms with Crippen molar-refractivity contribution in [2.24, 2.45) is 0 Å². The van der Waals surface area contributed by atoms with Crippen molar-refractivity contribution in [2.45, 2.75) is 6.92 Å². The number of nitrogens with one attached hydrogen (secondary N) is 1. The molecule has 0 spiro atoms. The molecule has 0 atom stereocenters. The van der Waals surface area contributed by atoms with Crippen molar-refractivity contribution < 1.29 is 14.4 Å². The van der Waals surface area contributed by atoms with Crippen LogP contribution in [0.4, 0.5) is 10.8 Å². The number of ether oxygens (including phenoxy) is 1. The van der Waals surface area contributed by atoms with Gasteiger partial charge in [-0.05, 0) is 49.4 Å². The summed E-state index contributed by atoms with van der Waals surface area (Å²) in [7, 11) is 8.14.